The smallest absolute Gasteiger partial charge is 0.226 e. The summed E-state index contributed by atoms with van der Waals surface area (Å²) in [6, 6.07) is 12.1. The van der Waals surface area contributed by atoms with Crippen LogP contribution in [0.4, 0.5) is 5.69 Å². The van der Waals surface area contributed by atoms with Gasteiger partial charge in [-0.15, -0.1) is 11.3 Å². The minimum atomic E-state index is 0.0157. The van der Waals surface area contributed by atoms with Crippen LogP contribution in [0.3, 0.4) is 0 Å². The second-order valence-electron chi connectivity index (χ2n) is 5.00. The molecule has 0 radical (unpaired) electrons. The maximum absolute atomic E-state index is 12.2. The number of morpholine rings is 1. The van der Waals surface area contributed by atoms with Crippen LogP contribution in [0.25, 0.3) is 10.4 Å². The average Bonchev–Trinajstić information content (AvgIpc) is 3.03. The Morgan fingerprint density at radius 1 is 1.33 bits per heavy atom. The maximum Gasteiger partial charge on any atom is 0.226 e. The lowest BCUT2D eigenvalue weighted by Crippen LogP contribution is -2.43. The van der Waals surface area contributed by atoms with Crippen molar-refractivity contribution in [1.82, 2.24) is 5.32 Å². The summed E-state index contributed by atoms with van der Waals surface area (Å²) in [5.41, 5.74) is 1.93. The predicted molar refractivity (Wildman–Crippen MR) is 85.6 cm³/mol. The first-order valence-electron chi connectivity index (χ1n) is 7.07. The summed E-state index contributed by atoms with van der Waals surface area (Å²) in [4.78, 5) is 13.4. The Hall–Kier alpha value is -1.69. The lowest BCUT2D eigenvalue weighted by molar-refractivity contribution is -0.117. The fourth-order valence-corrected chi connectivity index (χ4v) is 3.18. The van der Waals surface area contributed by atoms with Crippen molar-refractivity contribution in [3.8, 4) is 10.4 Å². The van der Waals surface area contributed by atoms with Gasteiger partial charge in [-0.05, 0) is 17.5 Å². The minimum Gasteiger partial charge on any atom is -0.378 e. The SMILES string of the molecule is O=C(CC1COCCN1)Nc1ccccc1-c1cccs1. The van der Waals surface area contributed by atoms with Gasteiger partial charge >= 0.3 is 0 Å². The molecule has 1 aromatic carbocycles. The molecule has 0 bridgehead atoms. The third-order valence-electron chi connectivity index (χ3n) is 3.42. The van der Waals surface area contributed by atoms with Crippen LogP contribution >= 0.6 is 11.3 Å². The number of ether oxygens (including phenoxy) is 1. The molecule has 0 spiro atoms. The van der Waals surface area contributed by atoms with Crippen molar-refractivity contribution in [2.45, 2.75) is 12.5 Å². The molecular formula is C16H18N2O2S. The molecule has 0 saturated carbocycles. The van der Waals surface area contributed by atoms with Crippen molar-refractivity contribution in [2.24, 2.45) is 0 Å². The van der Waals surface area contributed by atoms with E-state index in [1.807, 2.05) is 35.7 Å². The molecule has 1 aliphatic rings. The highest BCUT2D eigenvalue weighted by Crippen LogP contribution is 2.31. The number of hydrogen-bond acceptors (Lipinski definition) is 4. The number of thiophene rings is 1. The number of benzene rings is 1. The van der Waals surface area contributed by atoms with E-state index in [1.165, 1.54) is 0 Å². The number of carbonyl (C=O) groups is 1. The third-order valence-corrected chi connectivity index (χ3v) is 4.32. The van der Waals surface area contributed by atoms with Crippen molar-refractivity contribution in [2.75, 3.05) is 25.1 Å². The van der Waals surface area contributed by atoms with Crippen LogP contribution in [0.2, 0.25) is 0 Å². The van der Waals surface area contributed by atoms with Crippen LogP contribution in [-0.4, -0.2) is 31.7 Å². The number of para-hydroxylation sites is 1. The van der Waals surface area contributed by atoms with Gasteiger partial charge in [-0.3, -0.25) is 4.79 Å². The number of anilines is 1. The number of carbonyl (C=O) groups excluding carboxylic acids is 1. The van der Waals surface area contributed by atoms with E-state index in [1.54, 1.807) is 11.3 Å². The van der Waals surface area contributed by atoms with E-state index in [0.29, 0.717) is 13.0 Å². The summed E-state index contributed by atoms with van der Waals surface area (Å²) in [5, 5.41) is 8.35. The summed E-state index contributed by atoms with van der Waals surface area (Å²) in [7, 11) is 0. The molecule has 110 valence electrons. The molecule has 2 heterocycles. The topological polar surface area (TPSA) is 50.4 Å². The molecule has 21 heavy (non-hydrogen) atoms. The van der Waals surface area contributed by atoms with E-state index in [0.717, 1.165) is 29.3 Å². The van der Waals surface area contributed by atoms with Gasteiger partial charge in [-0.2, -0.15) is 0 Å². The molecule has 4 nitrogen and oxygen atoms in total. The Morgan fingerprint density at radius 3 is 3.00 bits per heavy atom. The first-order valence-corrected chi connectivity index (χ1v) is 7.95. The van der Waals surface area contributed by atoms with Gasteiger partial charge in [0.05, 0.1) is 13.2 Å². The van der Waals surface area contributed by atoms with Crippen molar-refractivity contribution in [3.05, 3.63) is 41.8 Å². The summed E-state index contributed by atoms with van der Waals surface area (Å²) in [6.07, 6.45) is 0.429. The molecule has 3 rings (SSSR count). The summed E-state index contributed by atoms with van der Waals surface area (Å²) in [6.45, 7) is 2.13. The highest BCUT2D eigenvalue weighted by molar-refractivity contribution is 7.13. The fraction of sp³-hybridized carbons (Fsp3) is 0.312. The average molecular weight is 302 g/mol. The molecule has 5 heteroatoms. The van der Waals surface area contributed by atoms with Gasteiger partial charge < -0.3 is 15.4 Å². The quantitative estimate of drug-likeness (QED) is 0.913. The van der Waals surface area contributed by atoms with E-state index < -0.39 is 0 Å². The molecule has 1 fully saturated rings. The second-order valence-corrected chi connectivity index (χ2v) is 5.95. The second kappa shape index (κ2) is 6.85. The predicted octanol–water partition coefficient (Wildman–Crippen LogP) is 2.73. The first kappa shape index (κ1) is 14.3. The zero-order chi connectivity index (χ0) is 14.5. The molecule has 0 aliphatic carbocycles. The third kappa shape index (κ3) is 3.69. The van der Waals surface area contributed by atoms with Crippen molar-refractivity contribution >= 4 is 22.9 Å². The molecule has 1 amide bonds. The summed E-state index contributed by atoms with van der Waals surface area (Å²) >= 11 is 1.67. The number of hydrogen-bond donors (Lipinski definition) is 2. The summed E-state index contributed by atoms with van der Waals surface area (Å²) < 4.78 is 5.37. The molecule has 1 aromatic heterocycles. The van der Waals surface area contributed by atoms with E-state index >= 15 is 0 Å². The van der Waals surface area contributed by atoms with E-state index in [9.17, 15) is 4.79 Å². The molecule has 1 unspecified atom stereocenters. The minimum absolute atomic E-state index is 0.0157. The molecular weight excluding hydrogens is 284 g/mol. The number of amides is 1. The lowest BCUT2D eigenvalue weighted by atomic mass is 10.1. The van der Waals surface area contributed by atoms with Gasteiger partial charge in [0.2, 0.25) is 5.91 Å². The highest BCUT2D eigenvalue weighted by Gasteiger charge is 2.17. The Balaban J connectivity index is 1.68. The largest absolute Gasteiger partial charge is 0.378 e. The van der Waals surface area contributed by atoms with Crippen LogP contribution < -0.4 is 10.6 Å². The van der Waals surface area contributed by atoms with Crippen LogP contribution in [0, 0.1) is 0 Å². The zero-order valence-corrected chi connectivity index (χ0v) is 12.5. The van der Waals surface area contributed by atoms with Gasteiger partial charge in [0.1, 0.15) is 0 Å². The van der Waals surface area contributed by atoms with E-state index in [2.05, 4.69) is 16.7 Å². The molecule has 1 atom stereocenters. The van der Waals surface area contributed by atoms with Crippen LogP contribution in [0.15, 0.2) is 41.8 Å². The standard InChI is InChI=1S/C16H18N2O2S/c19-16(10-12-11-20-8-7-17-12)18-14-5-2-1-4-13(14)15-6-3-9-21-15/h1-6,9,12,17H,7-8,10-11H2,(H,18,19). The number of nitrogens with one attached hydrogen (secondary N) is 2. The Bertz CT molecular complexity index is 592. The zero-order valence-electron chi connectivity index (χ0n) is 11.7. The van der Waals surface area contributed by atoms with Gasteiger partial charge in [0.25, 0.3) is 0 Å². The number of rotatable bonds is 4. The van der Waals surface area contributed by atoms with Crippen LogP contribution in [0.1, 0.15) is 6.42 Å². The van der Waals surface area contributed by atoms with E-state index in [-0.39, 0.29) is 11.9 Å². The Morgan fingerprint density at radius 2 is 2.24 bits per heavy atom. The lowest BCUT2D eigenvalue weighted by Gasteiger charge is -2.23. The Kier molecular flexibility index (Phi) is 4.65. The fourth-order valence-electron chi connectivity index (χ4n) is 2.41. The Labute approximate surface area is 128 Å². The van der Waals surface area contributed by atoms with E-state index in [4.69, 9.17) is 4.74 Å². The molecule has 1 saturated heterocycles. The van der Waals surface area contributed by atoms with Gasteiger partial charge in [-0.1, -0.05) is 24.3 Å². The molecule has 2 aromatic rings. The van der Waals surface area contributed by atoms with Crippen molar-refractivity contribution < 1.29 is 9.53 Å². The van der Waals surface area contributed by atoms with Crippen molar-refractivity contribution in [3.63, 3.8) is 0 Å². The van der Waals surface area contributed by atoms with Gasteiger partial charge in [0.15, 0.2) is 0 Å². The highest BCUT2D eigenvalue weighted by atomic mass is 32.1. The van der Waals surface area contributed by atoms with Crippen molar-refractivity contribution in [1.29, 1.82) is 0 Å². The monoisotopic (exact) mass is 302 g/mol. The van der Waals surface area contributed by atoms with Crippen LogP contribution in [-0.2, 0) is 9.53 Å². The van der Waals surface area contributed by atoms with Gasteiger partial charge in [-0.25, -0.2) is 0 Å². The van der Waals surface area contributed by atoms with Crippen LogP contribution in [0.5, 0.6) is 0 Å². The molecule has 2 N–H and O–H groups in total. The maximum atomic E-state index is 12.2. The molecule has 1 aliphatic heterocycles. The van der Waals surface area contributed by atoms with Gasteiger partial charge in [0, 0.05) is 35.1 Å². The normalized spacial score (nSPS) is 18.4. The first-order chi connectivity index (χ1) is 10.3. The summed E-state index contributed by atoms with van der Waals surface area (Å²) in [5.74, 6) is 0.0157.